The lowest BCUT2D eigenvalue weighted by Gasteiger charge is -2.54. The highest BCUT2D eigenvalue weighted by Gasteiger charge is 2.54. The lowest BCUT2D eigenvalue weighted by Crippen LogP contribution is -2.64. The monoisotopic (exact) mass is 1700 g/mol. The maximum absolute atomic E-state index is 16.6. The second-order valence-corrected chi connectivity index (χ2v) is 35.1. The largest absolute Gasteiger partial charge is 0.508 e. The van der Waals surface area contributed by atoms with Crippen molar-refractivity contribution in [3.8, 4) is 45.6 Å². The van der Waals surface area contributed by atoms with Crippen molar-refractivity contribution in [1.82, 2.24) is 47.9 Å². The fourth-order valence-electron chi connectivity index (χ4n) is 18.9. The Morgan fingerprint density at radius 1 is 0.686 bits per heavy atom. The number of likely N-dealkylation sites (N-methyl/N-ethyl adjacent to an activating group) is 1. The average Bonchev–Trinajstić information content (AvgIpc) is 1.56. The van der Waals surface area contributed by atoms with Crippen molar-refractivity contribution in [1.29, 1.82) is 0 Å². The van der Waals surface area contributed by atoms with Crippen molar-refractivity contribution in [3.63, 3.8) is 0 Å². The number of aromatic hydroxyl groups is 1. The number of nitrogens with two attached hydrogens (primary N) is 1. The number of phenols is 1. The molecule has 5 aromatic carbocycles. The number of phenolic OH excluding ortho intramolecular Hbond substituents is 1. The second-order valence-electron chi connectivity index (χ2n) is 34.6. The molecule has 652 valence electrons. The van der Waals surface area contributed by atoms with Crippen molar-refractivity contribution in [2.24, 2.45) is 41.2 Å². The smallest absolute Gasteiger partial charge is 0.248 e. The van der Waals surface area contributed by atoms with Crippen molar-refractivity contribution in [2.75, 3.05) is 13.7 Å². The topological polar surface area (TPSA) is 525 Å². The first-order chi connectivity index (χ1) is 57.5. The van der Waals surface area contributed by atoms with Gasteiger partial charge in [-0.2, -0.15) is 0 Å². The quantitative estimate of drug-likeness (QED) is 0.0393. The van der Waals surface area contributed by atoms with Crippen LogP contribution in [0, 0.1) is 35.5 Å². The number of unbranched alkanes of at least 4 members (excludes halogenated alkanes) is 3. The highest BCUT2D eigenvalue weighted by atomic mass is 35.5. The number of aliphatic hydroxyl groups excluding tert-OH is 6. The fraction of sp³-hybridized carbons (Fsp3) is 0.547. The highest BCUT2D eigenvalue weighted by molar-refractivity contribution is 6.32. The van der Waals surface area contributed by atoms with Gasteiger partial charge in [-0.25, -0.2) is 0 Å². The van der Waals surface area contributed by atoms with Gasteiger partial charge in [0.15, 0.2) is 23.9 Å². The lowest BCUT2D eigenvalue weighted by atomic mass is 9.54. The molecule has 0 radical (unpaired) electrons. The van der Waals surface area contributed by atoms with E-state index in [0.29, 0.717) is 24.7 Å². The Bertz CT molecular complexity index is 4770. The van der Waals surface area contributed by atoms with Crippen LogP contribution >= 0.6 is 11.6 Å². The van der Waals surface area contributed by atoms with Gasteiger partial charge in [-0.3, -0.25) is 48.5 Å². The van der Waals surface area contributed by atoms with Gasteiger partial charge >= 0.3 is 0 Å². The molecule has 20 N–H and O–H groups in total. The third kappa shape index (κ3) is 18.2. The number of halogens is 1. The number of nitrogens with one attached hydrogen (secondary N) is 9. The molecule has 34 nitrogen and oxygen atoms in total. The van der Waals surface area contributed by atoms with Crippen LogP contribution in [0.1, 0.15) is 194 Å². The molecule has 19 atom stereocenters. The van der Waals surface area contributed by atoms with Gasteiger partial charge in [0.05, 0.1) is 36.3 Å². The lowest BCUT2D eigenvalue weighted by molar-refractivity contribution is -0.333. The van der Waals surface area contributed by atoms with Crippen molar-refractivity contribution >= 4 is 64.8 Å². The predicted octanol–water partition coefficient (Wildman–Crippen LogP) is 3.16. The van der Waals surface area contributed by atoms with E-state index in [1.807, 2.05) is 20.8 Å². The first kappa shape index (κ1) is 87.8. The number of aliphatic hydroxyl groups is 8. The summed E-state index contributed by atoms with van der Waals surface area (Å²) in [6, 6.07) is 2.97. The molecule has 17 rings (SSSR count). The van der Waals surface area contributed by atoms with Gasteiger partial charge in [0.1, 0.15) is 84.0 Å². The molecule has 5 aliphatic carbocycles. The molecule has 5 aromatic rings. The van der Waals surface area contributed by atoms with Crippen LogP contribution in [0.4, 0.5) is 0 Å². The summed E-state index contributed by atoms with van der Waals surface area (Å²) < 4.78 is 39.1. The molecule has 0 aromatic heterocycles. The SMILES string of the molecule is CCCCCCC(C)C(=O)NC(=O)C[C@@H]1NC(=O)[C@H](NC(=O)[C@@H](CC(C)C)NC)[C@H](O)c2ccc(c(Cl)c2)Oc2cc3cc(c2O[C@@H]2O[C@H](CO)[C@@H](O)[C@H](O)[C@H]2O[C@H]2C[C@](C)(N)[C@H](O)[C@H](C)O2)Oc2ccc(cc2)[C@@H](O)[C@@H]2NC(=O)[C@H](NC(=O)[C@@H]3NC1=O)c1ccc3c(c1)-c1c(cc(O)cc1C3(O)O)[C@@H](C(=O)NC1C3CC4CC(C3)CC1C4)NC2=O. The fourth-order valence-corrected chi connectivity index (χ4v) is 19.2. The van der Waals surface area contributed by atoms with Crippen LogP contribution in [0.3, 0.4) is 0 Å². The highest BCUT2D eigenvalue weighted by Crippen LogP contribution is 2.56. The summed E-state index contributed by atoms with van der Waals surface area (Å²) in [7, 11) is 1.49. The summed E-state index contributed by atoms with van der Waals surface area (Å²) in [5.74, 6) is -15.5. The van der Waals surface area contributed by atoms with E-state index in [0.717, 1.165) is 69.6 Å². The number of imide groups is 1. The minimum Gasteiger partial charge on any atom is -0.508 e. The Hall–Kier alpha value is -9.50. The van der Waals surface area contributed by atoms with Crippen molar-refractivity contribution in [3.05, 3.63) is 129 Å². The maximum Gasteiger partial charge on any atom is 0.248 e. The molecule has 0 spiro atoms. The number of carbonyl (C=O) groups is 9. The van der Waals surface area contributed by atoms with E-state index < -0.39 is 216 Å². The summed E-state index contributed by atoms with van der Waals surface area (Å²) in [4.78, 5) is 139. The Morgan fingerprint density at radius 3 is 2.01 bits per heavy atom. The van der Waals surface area contributed by atoms with Crippen LogP contribution < -0.4 is 67.8 Å². The van der Waals surface area contributed by atoms with E-state index in [1.165, 1.54) is 87.6 Å². The Labute approximate surface area is 702 Å². The maximum atomic E-state index is 16.6. The number of fused-ring (bicyclic) bond motifs is 12. The Morgan fingerprint density at radius 2 is 1.35 bits per heavy atom. The van der Waals surface area contributed by atoms with Crippen molar-refractivity contribution in [2.45, 2.75) is 246 Å². The van der Waals surface area contributed by atoms with Gasteiger partial charge in [-0.15, -0.1) is 0 Å². The summed E-state index contributed by atoms with van der Waals surface area (Å²) in [5.41, 5.74) is 3.40. The second kappa shape index (κ2) is 35.8. The van der Waals surface area contributed by atoms with Gasteiger partial charge in [-0.1, -0.05) is 95.3 Å². The molecule has 12 aliphatic rings. The first-order valence-corrected chi connectivity index (χ1v) is 41.9. The number of carbonyl (C=O) groups excluding carboxylic acids is 9. The van der Waals surface area contributed by atoms with Crippen LogP contribution in [-0.2, 0) is 63.1 Å². The number of rotatable bonds is 20. The molecule has 9 amide bonds. The van der Waals surface area contributed by atoms with Crippen LogP contribution in [0.5, 0.6) is 34.5 Å². The van der Waals surface area contributed by atoms with E-state index in [1.54, 1.807) is 6.92 Å². The minimum absolute atomic E-state index is 0.0777. The molecule has 6 fully saturated rings. The molecule has 2 saturated heterocycles. The van der Waals surface area contributed by atoms with Gasteiger partial charge in [0, 0.05) is 35.0 Å². The number of hydrogen-bond donors (Lipinski definition) is 19. The zero-order valence-electron chi connectivity index (χ0n) is 67.9. The third-order valence-corrected chi connectivity index (χ3v) is 25.5. The van der Waals surface area contributed by atoms with E-state index in [4.69, 9.17) is 45.8 Å². The summed E-state index contributed by atoms with van der Waals surface area (Å²) in [6.07, 6.45) is -10.3. The number of ether oxygens (including phenoxy) is 6. The normalized spacial score (nSPS) is 32.0. The van der Waals surface area contributed by atoms with E-state index in [-0.39, 0.29) is 97.7 Å². The van der Waals surface area contributed by atoms with Crippen LogP contribution in [0.15, 0.2) is 84.9 Å². The molecule has 15 bridgehead atoms. The average molecular weight is 1700 g/mol. The molecule has 1 unspecified atom stereocenters. The van der Waals surface area contributed by atoms with Crippen molar-refractivity contribution < 1.29 is 118 Å². The first-order valence-electron chi connectivity index (χ1n) is 41.5. The van der Waals surface area contributed by atoms with Gasteiger partial charge < -0.3 is 123 Å². The van der Waals surface area contributed by atoms with Crippen LogP contribution in [-0.4, -0.2) is 198 Å². The zero-order valence-corrected chi connectivity index (χ0v) is 68.7. The molecule has 4 saturated carbocycles. The van der Waals surface area contributed by atoms with E-state index >= 15 is 28.8 Å². The minimum atomic E-state index is -2.97. The Kier molecular flexibility index (Phi) is 26.0. The Balaban J connectivity index is 0.960. The molecule has 35 heteroatoms. The standard InChI is InChI=1S/C86H107ClN10O24/c1-8-9-10-11-12-37(4)76(106)91-60(100)33-55-78(108)93-65-46-29-57(73(121-84-74(72(104)71(103)59(35-98)119-84)120-61-34-85(6,88)75(105)38(5)116-61)58(30-46)118-56-20-16-43(28-53(56)87)70(102)68(82(112)90-55)96-77(107)54(89-7)21-36(2)3)117-48-17-13-41(14-18-48)69(101)67-83(113)95-66(81(111)92-63-44-23-39-22-40(25-44)26-45(63)24-39)50-31-47(99)32-52-62(50)49-27-42(15-19-51(49)86(52,114)115)64(79(109)97-67)94-80(65)110/h13-20,27-32,36-40,44-45,54-55,59,61,63-72,74-75,84,89,98-99,101-105,114-115H,8-12,21-26,33-35,88H2,1-7H3,(H,90,112)(H,92,111)(H,93,108)(H,94,110)(H,95,113)(H,96,107)(H,97,109)(H,91,100,106)/t37?,38-,39?,40?,44?,45?,54+,55-,59+,61-,63?,64+,65+,66-,67-,68+,69+,70+,71+,72-,74+,75+,84-,85-/m0/s1. The molecular weight excluding hydrogens is 1590 g/mol. The molecule has 7 heterocycles. The van der Waals surface area contributed by atoms with Gasteiger partial charge in [0.2, 0.25) is 71.0 Å². The van der Waals surface area contributed by atoms with E-state index in [2.05, 4.69) is 47.9 Å². The van der Waals surface area contributed by atoms with Crippen LogP contribution in [0.25, 0.3) is 11.1 Å². The zero-order chi connectivity index (χ0) is 86.7. The number of benzene rings is 5. The van der Waals surface area contributed by atoms with Crippen LogP contribution in [0.2, 0.25) is 5.02 Å². The third-order valence-electron chi connectivity index (χ3n) is 25.2. The molecular formula is C86H107ClN10O24. The van der Waals surface area contributed by atoms with Gasteiger partial charge in [-0.05, 0) is 189 Å². The summed E-state index contributed by atoms with van der Waals surface area (Å²) >= 11 is 7.22. The number of hydrogen-bond acceptors (Lipinski definition) is 26. The summed E-state index contributed by atoms with van der Waals surface area (Å²) in [5, 5.41) is 131. The van der Waals surface area contributed by atoms with E-state index in [9.17, 15) is 60.3 Å². The molecule has 121 heavy (non-hydrogen) atoms. The number of amides is 9. The predicted molar refractivity (Wildman–Crippen MR) is 429 cm³/mol. The summed E-state index contributed by atoms with van der Waals surface area (Å²) in [6.45, 7) is 9.38. The molecule has 7 aliphatic heterocycles. The van der Waals surface area contributed by atoms with Gasteiger partial charge in [0.25, 0.3) is 0 Å².